The van der Waals surface area contributed by atoms with E-state index in [0.717, 1.165) is 12.8 Å². The summed E-state index contributed by atoms with van der Waals surface area (Å²) in [6.07, 6.45) is 1.84. The van der Waals surface area contributed by atoms with Gasteiger partial charge in [-0.05, 0) is 18.3 Å². The highest BCUT2D eigenvalue weighted by Crippen LogP contribution is 2.41. The second-order valence-corrected chi connectivity index (χ2v) is 4.99. The van der Waals surface area contributed by atoms with Crippen molar-refractivity contribution in [1.29, 1.82) is 0 Å². The first-order chi connectivity index (χ1) is 6.34. The van der Waals surface area contributed by atoms with Crippen molar-refractivity contribution in [3.05, 3.63) is 0 Å². The largest absolute Gasteiger partial charge is 0.481 e. The van der Waals surface area contributed by atoms with Crippen molar-refractivity contribution in [2.75, 3.05) is 0 Å². The third kappa shape index (κ3) is 2.14. The number of hydrogen-bond donors (Lipinski definition) is 1. The van der Waals surface area contributed by atoms with Gasteiger partial charge in [-0.25, -0.2) is 0 Å². The molecule has 2 atom stereocenters. The average molecular weight is 198 g/mol. The molecule has 2 unspecified atom stereocenters. The van der Waals surface area contributed by atoms with Gasteiger partial charge in [0.05, 0.1) is 6.42 Å². The smallest absolute Gasteiger partial charge is 0.303 e. The predicted molar refractivity (Wildman–Crippen MR) is 52.9 cm³/mol. The molecular weight excluding hydrogens is 180 g/mol. The summed E-state index contributed by atoms with van der Waals surface area (Å²) >= 11 is 0. The van der Waals surface area contributed by atoms with Crippen molar-refractivity contribution in [3.63, 3.8) is 0 Å². The molecule has 1 saturated carbocycles. The van der Waals surface area contributed by atoms with Crippen LogP contribution >= 0.6 is 0 Å². The molecule has 0 aromatic carbocycles. The molecule has 0 saturated heterocycles. The summed E-state index contributed by atoms with van der Waals surface area (Å²) in [5, 5.41) is 8.75. The van der Waals surface area contributed by atoms with Gasteiger partial charge >= 0.3 is 5.97 Å². The Morgan fingerprint density at radius 2 is 2.07 bits per heavy atom. The maximum atomic E-state index is 11.7. The lowest BCUT2D eigenvalue weighted by Gasteiger charge is -2.28. The molecule has 3 heteroatoms. The van der Waals surface area contributed by atoms with Gasteiger partial charge in [-0.2, -0.15) is 0 Å². The summed E-state index contributed by atoms with van der Waals surface area (Å²) in [4.78, 5) is 22.4. The van der Waals surface area contributed by atoms with E-state index in [9.17, 15) is 9.59 Å². The molecule has 0 aromatic heterocycles. The second-order valence-electron chi connectivity index (χ2n) is 4.99. The Morgan fingerprint density at radius 1 is 1.50 bits per heavy atom. The van der Waals surface area contributed by atoms with Crippen molar-refractivity contribution in [3.8, 4) is 0 Å². The molecule has 1 rings (SSSR count). The van der Waals surface area contributed by atoms with E-state index >= 15 is 0 Å². The quantitative estimate of drug-likeness (QED) is 0.755. The third-order valence-corrected chi connectivity index (χ3v) is 3.27. The number of rotatable bonds is 3. The first kappa shape index (κ1) is 11.2. The van der Waals surface area contributed by atoms with Gasteiger partial charge in [0, 0.05) is 11.8 Å². The van der Waals surface area contributed by atoms with E-state index in [2.05, 4.69) is 0 Å². The van der Waals surface area contributed by atoms with Crippen molar-refractivity contribution in [2.45, 2.75) is 40.0 Å². The lowest BCUT2D eigenvalue weighted by atomic mass is 9.74. The van der Waals surface area contributed by atoms with Crippen molar-refractivity contribution >= 4 is 11.8 Å². The first-order valence-corrected chi connectivity index (χ1v) is 5.10. The van der Waals surface area contributed by atoms with Gasteiger partial charge in [0.15, 0.2) is 0 Å². The second kappa shape index (κ2) is 3.71. The summed E-state index contributed by atoms with van der Waals surface area (Å²) in [5.41, 5.74) is -0.395. The molecule has 0 spiro atoms. The Balaban J connectivity index is 2.73. The minimum Gasteiger partial charge on any atom is -0.481 e. The average Bonchev–Trinajstić information content (AvgIpc) is 2.30. The van der Waals surface area contributed by atoms with Gasteiger partial charge in [0.1, 0.15) is 5.78 Å². The minimum absolute atomic E-state index is 0.0615. The van der Waals surface area contributed by atoms with Crippen LogP contribution in [0.4, 0.5) is 0 Å². The highest BCUT2D eigenvalue weighted by Gasteiger charge is 2.42. The molecule has 1 fully saturated rings. The molecule has 0 radical (unpaired) electrons. The standard InChI is InChI=1S/C11H18O3/c1-7-4-5-8(10(7)14)11(2,3)6-9(12)13/h7-8H,4-6H2,1-3H3,(H,12,13). The Bertz CT molecular complexity index is 255. The lowest BCUT2D eigenvalue weighted by molar-refractivity contribution is -0.141. The van der Waals surface area contributed by atoms with Gasteiger partial charge in [-0.15, -0.1) is 0 Å². The fourth-order valence-corrected chi connectivity index (χ4v) is 2.33. The van der Waals surface area contributed by atoms with Gasteiger partial charge in [-0.1, -0.05) is 20.8 Å². The van der Waals surface area contributed by atoms with Crippen molar-refractivity contribution in [2.24, 2.45) is 17.3 Å². The SMILES string of the molecule is CC1CCC(C(C)(C)CC(=O)O)C1=O. The van der Waals surface area contributed by atoms with Crippen LogP contribution in [0, 0.1) is 17.3 Å². The van der Waals surface area contributed by atoms with Crippen LogP contribution in [0.2, 0.25) is 0 Å². The van der Waals surface area contributed by atoms with E-state index in [1.54, 1.807) is 0 Å². The fourth-order valence-electron chi connectivity index (χ4n) is 2.33. The Hall–Kier alpha value is -0.860. The van der Waals surface area contributed by atoms with E-state index in [1.165, 1.54) is 0 Å². The lowest BCUT2D eigenvalue weighted by Crippen LogP contribution is -2.31. The van der Waals surface area contributed by atoms with Gasteiger partial charge in [-0.3, -0.25) is 9.59 Å². The molecule has 0 amide bonds. The third-order valence-electron chi connectivity index (χ3n) is 3.27. The summed E-state index contributed by atoms with van der Waals surface area (Å²) < 4.78 is 0. The number of Topliss-reactive ketones (excluding diaryl/α,β-unsaturated/α-hetero) is 1. The summed E-state index contributed by atoms with van der Waals surface area (Å²) in [7, 11) is 0. The van der Waals surface area contributed by atoms with Crippen LogP contribution < -0.4 is 0 Å². The van der Waals surface area contributed by atoms with E-state index < -0.39 is 11.4 Å². The Kier molecular flexibility index (Phi) is 2.98. The highest BCUT2D eigenvalue weighted by molar-refractivity contribution is 5.86. The van der Waals surface area contributed by atoms with Gasteiger partial charge in [0.25, 0.3) is 0 Å². The van der Waals surface area contributed by atoms with Crippen LogP contribution in [0.3, 0.4) is 0 Å². The topological polar surface area (TPSA) is 54.4 Å². The number of carboxylic acid groups (broad SMARTS) is 1. The molecule has 14 heavy (non-hydrogen) atoms. The molecule has 0 aliphatic heterocycles. The Labute approximate surface area is 84.5 Å². The number of carbonyl (C=O) groups is 2. The number of ketones is 1. The van der Waals surface area contributed by atoms with E-state index in [0.29, 0.717) is 0 Å². The summed E-state index contributed by atoms with van der Waals surface area (Å²) in [6, 6.07) is 0. The number of hydrogen-bond acceptors (Lipinski definition) is 2. The van der Waals surface area contributed by atoms with E-state index in [4.69, 9.17) is 5.11 Å². The number of carboxylic acids is 1. The maximum absolute atomic E-state index is 11.7. The summed E-state index contributed by atoms with van der Waals surface area (Å²) in [6.45, 7) is 5.68. The number of aliphatic carboxylic acids is 1. The van der Waals surface area contributed by atoms with Gasteiger partial charge in [0.2, 0.25) is 0 Å². The zero-order valence-corrected chi connectivity index (χ0v) is 9.04. The fraction of sp³-hybridized carbons (Fsp3) is 0.818. The normalized spacial score (nSPS) is 28.1. The first-order valence-electron chi connectivity index (χ1n) is 5.10. The molecule has 0 bridgehead atoms. The minimum atomic E-state index is -0.817. The van der Waals surface area contributed by atoms with Crippen LogP contribution in [0.15, 0.2) is 0 Å². The summed E-state index contributed by atoms with van der Waals surface area (Å²) in [5.74, 6) is -0.514. The number of carbonyl (C=O) groups excluding carboxylic acids is 1. The predicted octanol–water partition coefficient (Wildman–Crippen LogP) is 2.10. The molecule has 3 nitrogen and oxygen atoms in total. The van der Waals surface area contributed by atoms with Crippen molar-refractivity contribution in [1.82, 2.24) is 0 Å². The van der Waals surface area contributed by atoms with Crippen LogP contribution in [0.25, 0.3) is 0 Å². The zero-order valence-electron chi connectivity index (χ0n) is 9.04. The maximum Gasteiger partial charge on any atom is 0.303 e. The molecule has 0 heterocycles. The van der Waals surface area contributed by atoms with Crippen LogP contribution in [-0.2, 0) is 9.59 Å². The van der Waals surface area contributed by atoms with Crippen molar-refractivity contribution < 1.29 is 14.7 Å². The molecular formula is C11H18O3. The van der Waals surface area contributed by atoms with E-state index in [1.807, 2.05) is 20.8 Å². The monoisotopic (exact) mass is 198 g/mol. The van der Waals surface area contributed by atoms with E-state index in [-0.39, 0.29) is 24.0 Å². The van der Waals surface area contributed by atoms with Gasteiger partial charge < -0.3 is 5.11 Å². The van der Waals surface area contributed by atoms with Crippen LogP contribution in [-0.4, -0.2) is 16.9 Å². The molecule has 0 aromatic rings. The Morgan fingerprint density at radius 3 is 2.43 bits per heavy atom. The zero-order chi connectivity index (χ0) is 10.9. The molecule has 1 N–H and O–H groups in total. The van der Waals surface area contributed by atoms with Crippen LogP contribution in [0.1, 0.15) is 40.0 Å². The molecule has 80 valence electrons. The molecule has 1 aliphatic rings. The highest BCUT2D eigenvalue weighted by atomic mass is 16.4. The molecule has 1 aliphatic carbocycles. The van der Waals surface area contributed by atoms with Crippen LogP contribution in [0.5, 0.6) is 0 Å².